The van der Waals surface area contributed by atoms with E-state index >= 15 is 0 Å². The molecule has 2 aromatic carbocycles. The van der Waals surface area contributed by atoms with E-state index in [9.17, 15) is 22.0 Å². The lowest BCUT2D eigenvalue weighted by atomic mass is 10.1. The fourth-order valence-electron chi connectivity index (χ4n) is 2.19. The van der Waals surface area contributed by atoms with Gasteiger partial charge >= 0.3 is 6.61 Å². The van der Waals surface area contributed by atoms with Gasteiger partial charge in [-0.15, -0.1) is 0 Å². The molecule has 0 unspecified atom stereocenters. The van der Waals surface area contributed by atoms with Crippen LogP contribution in [-0.4, -0.2) is 27.2 Å². The Kier molecular flexibility index (Phi) is 6.14. The highest BCUT2D eigenvalue weighted by molar-refractivity contribution is 7.92. The summed E-state index contributed by atoms with van der Waals surface area (Å²) < 4.78 is 53.9. The van der Waals surface area contributed by atoms with E-state index in [2.05, 4.69) is 14.8 Å². The Labute approximate surface area is 150 Å². The third-order valence-electron chi connectivity index (χ3n) is 3.37. The van der Waals surface area contributed by atoms with Crippen LogP contribution in [0.25, 0.3) is 0 Å². The fourth-order valence-corrected chi connectivity index (χ4v) is 2.81. The van der Waals surface area contributed by atoms with Crippen molar-refractivity contribution in [2.45, 2.75) is 20.1 Å². The standard InChI is InChI=1S/C17H18F2N2O4S/c1-11-6-7-13(9-15(11)21-26(2,23)24)16(22)20-10-12-4-3-5-14(8-12)25-17(18)19/h3-9,17,21H,10H2,1-2H3,(H,20,22). The molecule has 2 N–H and O–H groups in total. The Morgan fingerprint density at radius 2 is 1.92 bits per heavy atom. The van der Waals surface area contributed by atoms with Crippen LogP contribution in [0.15, 0.2) is 42.5 Å². The van der Waals surface area contributed by atoms with Crippen molar-refractivity contribution in [3.63, 3.8) is 0 Å². The summed E-state index contributed by atoms with van der Waals surface area (Å²) in [4.78, 5) is 12.3. The van der Waals surface area contributed by atoms with Gasteiger partial charge in [0.05, 0.1) is 11.9 Å². The molecular formula is C17H18F2N2O4S. The highest BCUT2D eigenvalue weighted by Crippen LogP contribution is 2.19. The molecule has 0 saturated heterocycles. The smallest absolute Gasteiger partial charge is 0.387 e. The van der Waals surface area contributed by atoms with Gasteiger partial charge in [0.1, 0.15) is 5.75 Å². The van der Waals surface area contributed by atoms with Gasteiger partial charge in [-0.2, -0.15) is 8.78 Å². The molecule has 2 rings (SSSR count). The van der Waals surface area contributed by atoms with E-state index in [4.69, 9.17) is 0 Å². The number of amides is 1. The molecule has 140 valence electrons. The summed E-state index contributed by atoms with van der Waals surface area (Å²) in [5.41, 5.74) is 1.83. The molecule has 0 atom stereocenters. The zero-order valence-corrected chi connectivity index (χ0v) is 14.9. The Hall–Kier alpha value is -2.68. The predicted molar refractivity (Wildman–Crippen MR) is 93.9 cm³/mol. The van der Waals surface area contributed by atoms with Gasteiger partial charge in [0.15, 0.2) is 0 Å². The number of hydrogen-bond acceptors (Lipinski definition) is 4. The third-order valence-corrected chi connectivity index (χ3v) is 3.96. The monoisotopic (exact) mass is 384 g/mol. The van der Waals surface area contributed by atoms with Gasteiger partial charge in [0.2, 0.25) is 10.0 Å². The summed E-state index contributed by atoms with van der Waals surface area (Å²) >= 11 is 0. The van der Waals surface area contributed by atoms with Gasteiger partial charge in [-0.05, 0) is 42.3 Å². The van der Waals surface area contributed by atoms with E-state index in [1.807, 2.05) is 0 Å². The summed E-state index contributed by atoms with van der Waals surface area (Å²) in [6, 6.07) is 10.6. The zero-order valence-electron chi connectivity index (χ0n) is 14.1. The molecule has 0 aromatic heterocycles. The molecule has 6 nitrogen and oxygen atoms in total. The summed E-state index contributed by atoms with van der Waals surface area (Å²) in [5, 5.41) is 2.65. The van der Waals surface area contributed by atoms with Crippen molar-refractivity contribution in [2.24, 2.45) is 0 Å². The molecule has 1 amide bonds. The second-order valence-corrected chi connectivity index (χ2v) is 7.36. The van der Waals surface area contributed by atoms with Gasteiger partial charge in [0, 0.05) is 12.1 Å². The number of anilines is 1. The average Bonchev–Trinajstić information content (AvgIpc) is 2.53. The van der Waals surface area contributed by atoms with Crippen LogP contribution >= 0.6 is 0 Å². The molecule has 9 heteroatoms. The number of aryl methyl sites for hydroxylation is 1. The molecule has 2 aromatic rings. The normalized spacial score (nSPS) is 11.3. The topological polar surface area (TPSA) is 84.5 Å². The van der Waals surface area contributed by atoms with Crippen LogP contribution in [0.5, 0.6) is 5.75 Å². The van der Waals surface area contributed by atoms with Crippen molar-refractivity contribution in [3.8, 4) is 5.75 Å². The first-order valence-corrected chi connectivity index (χ1v) is 9.43. The second kappa shape index (κ2) is 8.13. The van der Waals surface area contributed by atoms with E-state index in [1.54, 1.807) is 31.2 Å². The number of alkyl halides is 2. The van der Waals surface area contributed by atoms with Crippen LogP contribution < -0.4 is 14.8 Å². The fraction of sp³-hybridized carbons (Fsp3) is 0.235. The zero-order chi connectivity index (χ0) is 19.3. The molecular weight excluding hydrogens is 366 g/mol. The van der Waals surface area contributed by atoms with E-state index in [-0.39, 0.29) is 17.9 Å². The maximum Gasteiger partial charge on any atom is 0.387 e. The number of ether oxygens (including phenoxy) is 1. The molecule has 0 spiro atoms. The number of carbonyl (C=O) groups excluding carboxylic acids is 1. The van der Waals surface area contributed by atoms with Gasteiger partial charge in [-0.1, -0.05) is 18.2 Å². The molecule has 0 bridgehead atoms. The minimum Gasteiger partial charge on any atom is -0.435 e. The SMILES string of the molecule is Cc1ccc(C(=O)NCc2cccc(OC(F)F)c2)cc1NS(C)(=O)=O. The quantitative estimate of drug-likeness (QED) is 0.769. The Morgan fingerprint density at radius 3 is 2.58 bits per heavy atom. The number of nitrogens with one attached hydrogen (secondary N) is 2. The van der Waals surface area contributed by atoms with E-state index < -0.39 is 22.5 Å². The van der Waals surface area contributed by atoms with E-state index in [0.717, 1.165) is 6.26 Å². The summed E-state index contributed by atoms with van der Waals surface area (Å²) in [6.07, 6.45) is 1.02. The van der Waals surface area contributed by atoms with Crippen LogP contribution in [0.1, 0.15) is 21.5 Å². The molecule has 0 fully saturated rings. The van der Waals surface area contributed by atoms with Crippen LogP contribution in [0.4, 0.5) is 14.5 Å². The van der Waals surface area contributed by atoms with E-state index in [0.29, 0.717) is 16.8 Å². The van der Waals surface area contributed by atoms with Crippen LogP contribution in [0.3, 0.4) is 0 Å². The predicted octanol–water partition coefficient (Wildman–Crippen LogP) is 2.90. The summed E-state index contributed by atoms with van der Waals surface area (Å²) in [6.45, 7) is -1.11. The Bertz CT molecular complexity index is 901. The number of carbonyl (C=O) groups is 1. The highest BCUT2D eigenvalue weighted by Gasteiger charge is 2.11. The summed E-state index contributed by atoms with van der Waals surface area (Å²) in [7, 11) is -3.47. The minimum atomic E-state index is -3.47. The second-order valence-electron chi connectivity index (χ2n) is 5.61. The first kappa shape index (κ1) is 19.6. The lowest BCUT2D eigenvalue weighted by molar-refractivity contribution is -0.0498. The molecule has 0 aliphatic rings. The van der Waals surface area contributed by atoms with Gasteiger partial charge < -0.3 is 10.1 Å². The van der Waals surface area contributed by atoms with Crippen molar-refractivity contribution in [3.05, 3.63) is 59.2 Å². The minimum absolute atomic E-state index is 0.00160. The van der Waals surface area contributed by atoms with Crippen LogP contribution in [-0.2, 0) is 16.6 Å². The molecule has 0 aliphatic heterocycles. The first-order chi connectivity index (χ1) is 12.1. The number of hydrogen-bond donors (Lipinski definition) is 2. The average molecular weight is 384 g/mol. The molecule has 0 aliphatic carbocycles. The van der Waals surface area contributed by atoms with Gasteiger partial charge in [0.25, 0.3) is 5.91 Å². The maximum absolute atomic E-state index is 12.3. The highest BCUT2D eigenvalue weighted by atomic mass is 32.2. The molecule has 0 heterocycles. The van der Waals surface area contributed by atoms with Gasteiger partial charge in [-0.25, -0.2) is 8.42 Å². The van der Waals surface area contributed by atoms with Crippen molar-refractivity contribution in [1.82, 2.24) is 5.32 Å². The molecule has 26 heavy (non-hydrogen) atoms. The number of sulfonamides is 1. The van der Waals surface area contributed by atoms with Crippen molar-refractivity contribution >= 4 is 21.6 Å². The third kappa shape index (κ3) is 5.99. The van der Waals surface area contributed by atoms with Crippen LogP contribution in [0, 0.1) is 6.92 Å². The number of rotatable bonds is 7. The molecule has 0 radical (unpaired) electrons. The largest absolute Gasteiger partial charge is 0.435 e. The summed E-state index contributed by atoms with van der Waals surface area (Å²) in [5.74, 6) is -0.427. The molecule has 0 saturated carbocycles. The Balaban J connectivity index is 2.07. The van der Waals surface area contributed by atoms with Crippen molar-refractivity contribution < 1.29 is 26.7 Å². The lowest BCUT2D eigenvalue weighted by Crippen LogP contribution is -2.23. The van der Waals surface area contributed by atoms with Crippen LogP contribution in [0.2, 0.25) is 0 Å². The van der Waals surface area contributed by atoms with Gasteiger partial charge in [-0.3, -0.25) is 9.52 Å². The van der Waals surface area contributed by atoms with E-state index in [1.165, 1.54) is 18.2 Å². The van der Waals surface area contributed by atoms with Crippen molar-refractivity contribution in [1.29, 1.82) is 0 Å². The Morgan fingerprint density at radius 1 is 1.19 bits per heavy atom. The first-order valence-electron chi connectivity index (χ1n) is 7.54. The van der Waals surface area contributed by atoms with Crippen molar-refractivity contribution in [2.75, 3.05) is 11.0 Å². The number of halogens is 2. The number of benzene rings is 2. The lowest BCUT2D eigenvalue weighted by Gasteiger charge is -2.11. The maximum atomic E-state index is 12.3.